The Morgan fingerprint density at radius 3 is 2.80 bits per heavy atom. The number of likely N-dealkylation sites (tertiary alicyclic amines) is 1. The van der Waals surface area contributed by atoms with E-state index in [1.54, 1.807) is 48.9 Å². The molecule has 8 nitrogen and oxygen atoms in total. The number of carbonyl (C=O) groups excluding carboxylic acids is 2. The topological polar surface area (TPSA) is 97.8 Å². The number of rotatable bonds is 7. The number of ether oxygens (including phenoxy) is 1. The fraction of sp³-hybridized carbons (Fsp3) is 0.227. The van der Waals surface area contributed by atoms with Crippen LogP contribution in [0.4, 0.5) is 0 Å². The molecule has 3 aromatic rings. The molecule has 1 aliphatic rings. The molecule has 0 aliphatic carbocycles. The van der Waals surface area contributed by atoms with Crippen LogP contribution in [-0.4, -0.2) is 44.9 Å². The average Bonchev–Trinajstić information content (AvgIpc) is 3.52. The zero-order valence-electron chi connectivity index (χ0n) is 16.4. The number of ketones is 1. The molecular weight excluding hydrogens is 386 g/mol. The zero-order chi connectivity index (χ0) is 21.1. The number of amides is 1. The van der Waals surface area contributed by atoms with Gasteiger partial charge >= 0.3 is 0 Å². The molecule has 0 bridgehead atoms. The van der Waals surface area contributed by atoms with Gasteiger partial charge in [0.1, 0.15) is 23.3 Å². The van der Waals surface area contributed by atoms with Crippen LogP contribution in [0.5, 0.6) is 5.75 Å². The highest BCUT2D eigenvalue weighted by Crippen LogP contribution is 2.39. The van der Waals surface area contributed by atoms with Gasteiger partial charge in [0.15, 0.2) is 0 Å². The summed E-state index contributed by atoms with van der Waals surface area (Å²) in [4.78, 5) is 31.2. The second-order valence-corrected chi connectivity index (χ2v) is 6.89. The predicted molar refractivity (Wildman–Crippen MR) is 108 cm³/mol. The van der Waals surface area contributed by atoms with E-state index >= 15 is 0 Å². The maximum absolute atomic E-state index is 12.9. The van der Waals surface area contributed by atoms with Gasteiger partial charge in [-0.2, -0.15) is 0 Å². The van der Waals surface area contributed by atoms with E-state index < -0.39 is 17.7 Å². The first-order valence-corrected chi connectivity index (χ1v) is 9.52. The van der Waals surface area contributed by atoms with E-state index in [9.17, 15) is 14.7 Å². The van der Waals surface area contributed by atoms with Gasteiger partial charge in [0, 0.05) is 31.0 Å². The molecule has 1 N–H and O–H groups in total. The molecule has 8 heteroatoms. The normalized spacial score (nSPS) is 18.2. The van der Waals surface area contributed by atoms with Crippen LogP contribution in [0.25, 0.3) is 5.76 Å². The Kier molecular flexibility index (Phi) is 5.38. The first-order chi connectivity index (χ1) is 14.6. The number of aliphatic hydroxyl groups is 1. The van der Waals surface area contributed by atoms with Gasteiger partial charge in [-0.1, -0.05) is 12.1 Å². The number of benzene rings is 1. The van der Waals surface area contributed by atoms with E-state index in [1.807, 2.05) is 10.8 Å². The number of Topliss-reactive ketones (excluding diaryl/α,β-unsaturated/α-hetero) is 1. The van der Waals surface area contributed by atoms with Crippen LogP contribution in [0.1, 0.15) is 23.8 Å². The molecule has 1 aromatic carbocycles. The van der Waals surface area contributed by atoms with Crippen molar-refractivity contribution in [1.82, 2.24) is 14.5 Å². The van der Waals surface area contributed by atoms with Crippen molar-refractivity contribution < 1.29 is 23.8 Å². The van der Waals surface area contributed by atoms with Gasteiger partial charge in [-0.15, -0.1) is 0 Å². The number of methoxy groups -OCH3 is 1. The van der Waals surface area contributed by atoms with E-state index in [2.05, 4.69) is 4.98 Å². The number of aryl methyl sites for hydroxylation is 1. The number of hydrogen-bond acceptors (Lipinski definition) is 6. The Bertz CT molecular complexity index is 1070. The molecular formula is C22H21N3O5. The third-order valence-corrected chi connectivity index (χ3v) is 5.07. The van der Waals surface area contributed by atoms with Gasteiger partial charge in [0.25, 0.3) is 11.7 Å². The van der Waals surface area contributed by atoms with E-state index in [4.69, 9.17) is 9.15 Å². The van der Waals surface area contributed by atoms with Crippen molar-refractivity contribution in [3.63, 3.8) is 0 Å². The minimum absolute atomic E-state index is 0.00540. The van der Waals surface area contributed by atoms with Gasteiger partial charge in [-0.05, 0) is 30.7 Å². The Morgan fingerprint density at radius 2 is 2.10 bits per heavy atom. The highest BCUT2D eigenvalue weighted by Gasteiger charge is 2.47. The molecule has 2 aromatic heterocycles. The van der Waals surface area contributed by atoms with Crippen LogP contribution in [-0.2, 0) is 16.1 Å². The van der Waals surface area contributed by atoms with Gasteiger partial charge in [-0.25, -0.2) is 4.98 Å². The highest BCUT2D eigenvalue weighted by molar-refractivity contribution is 6.46. The van der Waals surface area contributed by atoms with Crippen LogP contribution >= 0.6 is 0 Å². The summed E-state index contributed by atoms with van der Waals surface area (Å²) in [6.45, 7) is 0.965. The lowest BCUT2D eigenvalue weighted by Gasteiger charge is -2.23. The van der Waals surface area contributed by atoms with Crippen molar-refractivity contribution in [3.05, 3.63) is 78.3 Å². The summed E-state index contributed by atoms with van der Waals surface area (Å²) in [5.74, 6) is -0.707. The fourth-order valence-corrected chi connectivity index (χ4v) is 3.62. The van der Waals surface area contributed by atoms with Gasteiger partial charge in [0.05, 0.1) is 25.3 Å². The number of nitrogens with zero attached hydrogens (tertiary/aromatic N) is 3. The molecule has 1 atom stereocenters. The van der Waals surface area contributed by atoms with Crippen molar-refractivity contribution in [1.29, 1.82) is 0 Å². The third kappa shape index (κ3) is 3.59. The molecule has 4 rings (SSSR count). The lowest BCUT2D eigenvalue weighted by molar-refractivity contribution is -0.140. The van der Waals surface area contributed by atoms with E-state index in [0.29, 0.717) is 36.6 Å². The average molecular weight is 407 g/mol. The zero-order valence-corrected chi connectivity index (χ0v) is 16.4. The maximum Gasteiger partial charge on any atom is 0.295 e. The second kappa shape index (κ2) is 8.28. The van der Waals surface area contributed by atoms with E-state index in [-0.39, 0.29) is 11.3 Å². The van der Waals surface area contributed by atoms with Crippen molar-refractivity contribution in [2.24, 2.45) is 0 Å². The Labute approximate surface area is 173 Å². The van der Waals surface area contributed by atoms with Crippen LogP contribution in [0, 0.1) is 0 Å². The van der Waals surface area contributed by atoms with Crippen LogP contribution in [0.3, 0.4) is 0 Å². The number of aromatic nitrogens is 2. The third-order valence-electron chi connectivity index (χ3n) is 5.07. The number of furan rings is 1. The van der Waals surface area contributed by atoms with Crippen LogP contribution in [0.2, 0.25) is 0 Å². The molecule has 1 fully saturated rings. The quantitative estimate of drug-likeness (QED) is 0.367. The molecule has 0 spiro atoms. The second-order valence-electron chi connectivity index (χ2n) is 6.89. The fourth-order valence-electron chi connectivity index (χ4n) is 3.62. The minimum Gasteiger partial charge on any atom is -0.507 e. The molecule has 3 heterocycles. The number of imidazole rings is 1. The van der Waals surface area contributed by atoms with Crippen molar-refractivity contribution >= 4 is 17.4 Å². The van der Waals surface area contributed by atoms with E-state index in [1.165, 1.54) is 18.3 Å². The lowest BCUT2D eigenvalue weighted by Crippen LogP contribution is -2.31. The number of aliphatic hydroxyl groups excluding tert-OH is 1. The largest absolute Gasteiger partial charge is 0.507 e. The van der Waals surface area contributed by atoms with E-state index in [0.717, 1.165) is 0 Å². The van der Waals surface area contributed by atoms with Gasteiger partial charge in [0.2, 0.25) is 0 Å². The Hall–Kier alpha value is -3.81. The molecule has 1 aliphatic heterocycles. The summed E-state index contributed by atoms with van der Waals surface area (Å²) in [6.07, 6.45) is 7.30. The molecule has 0 saturated carbocycles. The summed E-state index contributed by atoms with van der Waals surface area (Å²) in [6, 6.07) is 9.29. The standard InChI is InChI=1S/C22H21N3O5/c1-29-16-6-2-5-15(13-16)20(26)18-19(17-7-3-12-30-17)25(22(28)21(18)27)10-4-9-24-11-8-23-14-24/h2-3,5-8,11-14,19,26H,4,9-10H2,1H3/t19-/m0/s1. The van der Waals surface area contributed by atoms with Gasteiger partial charge in [-0.3, -0.25) is 9.59 Å². The summed E-state index contributed by atoms with van der Waals surface area (Å²) < 4.78 is 12.6. The first kappa shape index (κ1) is 19.5. The van der Waals surface area contributed by atoms with Crippen molar-refractivity contribution in [2.75, 3.05) is 13.7 Å². The molecule has 30 heavy (non-hydrogen) atoms. The van der Waals surface area contributed by atoms with Crippen molar-refractivity contribution in [2.45, 2.75) is 19.0 Å². The number of carbonyl (C=O) groups is 2. The smallest absolute Gasteiger partial charge is 0.295 e. The molecule has 1 amide bonds. The molecule has 0 unspecified atom stereocenters. The number of hydrogen-bond donors (Lipinski definition) is 1. The molecule has 0 radical (unpaired) electrons. The predicted octanol–water partition coefficient (Wildman–Crippen LogP) is 3.00. The summed E-state index contributed by atoms with van der Waals surface area (Å²) in [5, 5.41) is 11.0. The molecule has 154 valence electrons. The SMILES string of the molecule is COc1cccc(C(O)=C2C(=O)C(=O)N(CCCn3ccnc3)[C@H]2c2ccco2)c1. The summed E-state index contributed by atoms with van der Waals surface area (Å²) in [5.41, 5.74) is 0.396. The Morgan fingerprint density at radius 1 is 1.23 bits per heavy atom. The minimum atomic E-state index is -0.797. The first-order valence-electron chi connectivity index (χ1n) is 9.52. The summed E-state index contributed by atoms with van der Waals surface area (Å²) in [7, 11) is 1.52. The van der Waals surface area contributed by atoms with Crippen LogP contribution in [0.15, 0.2) is 71.4 Å². The van der Waals surface area contributed by atoms with Gasteiger partial charge < -0.3 is 23.7 Å². The molecule has 1 saturated heterocycles. The van der Waals surface area contributed by atoms with Crippen LogP contribution < -0.4 is 4.74 Å². The monoisotopic (exact) mass is 407 g/mol. The Balaban J connectivity index is 1.69. The maximum atomic E-state index is 12.9. The van der Waals surface area contributed by atoms with Crippen molar-refractivity contribution in [3.8, 4) is 5.75 Å². The highest BCUT2D eigenvalue weighted by atomic mass is 16.5. The lowest BCUT2D eigenvalue weighted by atomic mass is 9.99. The summed E-state index contributed by atoms with van der Waals surface area (Å²) >= 11 is 0.